The quantitative estimate of drug-likeness (QED) is 0.0940. The summed E-state index contributed by atoms with van der Waals surface area (Å²) >= 11 is 23.9. The standard InChI is InChI=1S/C16H37O6P3S6/c1-13(2)19-24(28,20-14(3)4)30-11-9-17-23(26,27)18-10-12-31-25(29,21-15(5)6)22-16(7)8/h13-16H,9-12H2,1-8H3,(H,26,27). The highest BCUT2D eigenvalue weighted by Crippen LogP contribution is 2.64. The van der Waals surface area contributed by atoms with Crippen LogP contribution in [0, 0.1) is 0 Å². The summed E-state index contributed by atoms with van der Waals surface area (Å²) in [5, 5.41) is 0. The average molecular weight is 611 g/mol. The first-order valence-corrected chi connectivity index (χ1v) is 22.2. The zero-order valence-corrected chi connectivity index (χ0v) is 27.1. The molecule has 15 heteroatoms. The van der Waals surface area contributed by atoms with Crippen molar-refractivity contribution in [2.75, 3.05) is 24.7 Å². The van der Waals surface area contributed by atoms with Gasteiger partial charge in [0.2, 0.25) is 17.1 Å². The predicted octanol–water partition coefficient (Wildman–Crippen LogP) is 7.79. The molecule has 0 aliphatic rings. The van der Waals surface area contributed by atoms with E-state index in [0.717, 1.165) is 0 Å². The number of rotatable bonds is 18. The van der Waals surface area contributed by atoms with E-state index in [1.807, 2.05) is 55.4 Å². The zero-order chi connectivity index (χ0) is 24.3. The van der Waals surface area contributed by atoms with Crippen molar-refractivity contribution in [3.8, 4) is 0 Å². The lowest BCUT2D eigenvalue weighted by Crippen LogP contribution is -2.07. The Hall–Kier alpha value is 2.76. The summed E-state index contributed by atoms with van der Waals surface area (Å²) in [4.78, 5) is 0. The van der Waals surface area contributed by atoms with Crippen LogP contribution < -0.4 is 0 Å². The van der Waals surface area contributed by atoms with E-state index in [2.05, 4.69) is 12.2 Å². The first kappa shape index (κ1) is 33.8. The normalized spacial score (nSPS) is 13.8. The molecule has 0 aromatic rings. The van der Waals surface area contributed by atoms with Crippen LogP contribution in [0.5, 0.6) is 0 Å². The van der Waals surface area contributed by atoms with Gasteiger partial charge in [-0.3, -0.25) is 0 Å². The van der Waals surface area contributed by atoms with Gasteiger partial charge in [-0.2, -0.15) is 0 Å². The fourth-order valence-corrected chi connectivity index (χ4v) is 14.9. The van der Waals surface area contributed by atoms with Gasteiger partial charge in [-0.05, 0) is 90.8 Å². The molecule has 0 rings (SSSR count). The number of hydrogen-bond acceptors (Lipinski definition) is 11. The van der Waals surface area contributed by atoms with Gasteiger partial charge in [0.25, 0.3) is 0 Å². The zero-order valence-electron chi connectivity index (χ0n) is 19.4. The van der Waals surface area contributed by atoms with Gasteiger partial charge in [-0.15, -0.1) is 0 Å². The van der Waals surface area contributed by atoms with Gasteiger partial charge >= 0.3 is 0 Å². The summed E-state index contributed by atoms with van der Waals surface area (Å²) in [6.07, 6.45) is -0.0261. The van der Waals surface area contributed by atoms with Crippen LogP contribution in [0.15, 0.2) is 0 Å². The van der Waals surface area contributed by atoms with Gasteiger partial charge in [0.1, 0.15) is 0 Å². The largest absolute Gasteiger partial charge is 0.321 e. The Balaban J connectivity index is 4.45. The predicted molar refractivity (Wildman–Crippen MR) is 154 cm³/mol. The lowest BCUT2D eigenvalue weighted by Gasteiger charge is -2.26. The van der Waals surface area contributed by atoms with Crippen molar-refractivity contribution >= 4 is 87.5 Å². The van der Waals surface area contributed by atoms with E-state index in [-0.39, 0.29) is 24.4 Å². The summed E-state index contributed by atoms with van der Waals surface area (Å²) in [5.74, 6) is 1.16. The molecule has 0 aliphatic carbocycles. The average Bonchev–Trinajstić information content (AvgIpc) is 2.52. The first-order valence-electron chi connectivity index (χ1n) is 9.92. The van der Waals surface area contributed by atoms with Crippen molar-refractivity contribution in [3.05, 3.63) is 0 Å². The Kier molecular flexibility index (Phi) is 18.0. The minimum absolute atomic E-state index is 0.00653. The molecule has 0 fully saturated rings. The van der Waals surface area contributed by atoms with Crippen LogP contribution in [0.4, 0.5) is 0 Å². The fraction of sp³-hybridized carbons (Fsp3) is 1.00. The molecule has 0 N–H and O–H groups in total. The molecule has 188 valence electrons. The van der Waals surface area contributed by atoms with Crippen LogP contribution in [0.25, 0.3) is 0 Å². The Morgan fingerprint density at radius 2 is 0.871 bits per heavy atom. The van der Waals surface area contributed by atoms with Crippen molar-refractivity contribution in [2.24, 2.45) is 0 Å². The second kappa shape index (κ2) is 16.5. The highest BCUT2D eigenvalue weighted by Gasteiger charge is 2.25. The molecule has 0 spiro atoms. The molecule has 31 heavy (non-hydrogen) atoms. The summed E-state index contributed by atoms with van der Waals surface area (Å²) in [5.41, 5.74) is -7.55. The Labute approximate surface area is 217 Å². The topological polar surface area (TPSA) is 55.4 Å². The van der Waals surface area contributed by atoms with Crippen LogP contribution in [0.2, 0.25) is 0 Å². The minimum Gasteiger partial charge on any atom is -0.321 e. The maximum absolute atomic E-state index is 5.86. The Bertz CT molecular complexity index is 571. The van der Waals surface area contributed by atoms with Crippen molar-refractivity contribution in [1.82, 2.24) is 0 Å². The van der Waals surface area contributed by atoms with E-state index in [1.54, 1.807) is 0 Å². The third-order valence-corrected chi connectivity index (χ3v) is 15.9. The fourth-order valence-electron chi connectivity index (χ4n) is 1.84. The maximum atomic E-state index is 5.86. The molecular weight excluding hydrogens is 573 g/mol. The molecule has 0 atom stereocenters. The lowest BCUT2D eigenvalue weighted by molar-refractivity contribution is 0.185. The van der Waals surface area contributed by atoms with E-state index in [0.29, 0.717) is 24.7 Å². The highest BCUT2D eigenvalue weighted by atomic mass is 32.9. The van der Waals surface area contributed by atoms with Crippen LogP contribution >= 0.6 is 52.1 Å². The van der Waals surface area contributed by atoms with Gasteiger partial charge in [0.05, 0.1) is 37.6 Å². The van der Waals surface area contributed by atoms with Gasteiger partial charge < -0.3 is 27.1 Å². The number of hydrogen-bond donors (Lipinski definition) is 1. The Morgan fingerprint density at radius 3 is 1.10 bits per heavy atom. The van der Waals surface area contributed by atoms with E-state index >= 15 is 0 Å². The molecule has 0 saturated heterocycles. The summed E-state index contributed by atoms with van der Waals surface area (Å²) < 4.78 is 34.9. The minimum atomic E-state index is -2.67. The SMILES string of the molecule is CC(C)OP(=S)(OC(C)C)SCCOP(=S)(S)OCCSP(=S)(OC(C)C)OC(C)C. The van der Waals surface area contributed by atoms with Crippen LogP contribution in [-0.2, 0) is 62.6 Å². The Morgan fingerprint density at radius 1 is 0.613 bits per heavy atom. The molecule has 6 nitrogen and oxygen atoms in total. The van der Waals surface area contributed by atoms with Crippen LogP contribution in [0.3, 0.4) is 0 Å². The molecule has 0 radical (unpaired) electrons. The second-order valence-electron chi connectivity index (χ2n) is 7.31. The molecular formula is C16H37O6P3S6. The van der Waals surface area contributed by atoms with Crippen molar-refractivity contribution in [1.29, 1.82) is 0 Å². The van der Waals surface area contributed by atoms with Crippen molar-refractivity contribution in [2.45, 2.75) is 79.8 Å². The number of thiol groups is 1. The summed E-state index contributed by atoms with van der Waals surface area (Å²) in [6, 6.07) is 0. The first-order chi connectivity index (χ1) is 14.1. The van der Waals surface area contributed by atoms with Gasteiger partial charge in [-0.1, -0.05) is 35.0 Å². The molecule has 0 bridgehead atoms. The van der Waals surface area contributed by atoms with Crippen LogP contribution in [-0.4, -0.2) is 49.1 Å². The smallest absolute Gasteiger partial charge is 0.247 e. The maximum Gasteiger partial charge on any atom is 0.247 e. The molecule has 0 heterocycles. The van der Waals surface area contributed by atoms with E-state index in [4.69, 9.17) is 62.6 Å². The third kappa shape index (κ3) is 18.7. The molecule has 0 saturated carbocycles. The summed E-state index contributed by atoms with van der Waals surface area (Å²) in [6.45, 7) is 16.3. The van der Waals surface area contributed by atoms with Gasteiger partial charge in [0.15, 0.2) is 0 Å². The molecule has 0 amide bonds. The van der Waals surface area contributed by atoms with E-state index < -0.39 is 17.1 Å². The monoisotopic (exact) mass is 610 g/mol. The van der Waals surface area contributed by atoms with E-state index in [9.17, 15) is 0 Å². The second-order valence-corrected chi connectivity index (χ2v) is 25.3. The highest BCUT2D eigenvalue weighted by molar-refractivity contribution is 8.68. The molecule has 0 aromatic heterocycles. The molecule has 0 aromatic carbocycles. The molecule has 0 unspecified atom stereocenters. The lowest BCUT2D eigenvalue weighted by atomic mass is 10.5. The van der Waals surface area contributed by atoms with Crippen LogP contribution in [0.1, 0.15) is 55.4 Å². The van der Waals surface area contributed by atoms with Crippen molar-refractivity contribution < 1.29 is 27.1 Å². The molecule has 0 aliphatic heterocycles. The summed E-state index contributed by atoms with van der Waals surface area (Å²) in [7, 11) is 0. The van der Waals surface area contributed by atoms with Gasteiger partial charge in [-0.25, -0.2) is 0 Å². The van der Waals surface area contributed by atoms with Crippen molar-refractivity contribution in [3.63, 3.8) is 0 Å². The third-order valence-electron chi connectivity index (χ3n) is 2.53. The van der Waals surface area contributed by atoms with Gasteiger partial charge in [0, 0.05) is 11.5 Å². The van der Waals surface area contributed by atoms with E-state index in [1.165, 1.54) is 22.8 Å².